The van der Waals surface area contributed by atoms with Gasteiger partial charge in [0.1, 0.15) is 0 Å². The molecule has 2 rings (SSSR count). The van der Waals surface area contributed by atoms with Gasteiger partial charge in [0.25, 0.3) is 0 Å². The Morgan fingerprint density at radius 2 is 2.47 bits per heavy atom. The van der Waals surface area contributed by atoms with Crippen LogP contribution in [-0.4, -0.2) is 31.3 Å². The smallest absolute Gasteiger partial charge is 0.0797 e. The number of hydrogen-bond acceptors (Lipinski definition) is 4. The van der Waals surface area contributed by atoms with Crippen LogP contribution in [-0.2, 0) is 11.2 Å². The number of thiazole rings is 1. The topological polar surface area (TPSA) is 34.2 Å². The van der Waals surface area contributed by atoms with Crippen molar-refractivity contribution in [1.82, 2.24) is 10.3 Å². The van der Waals surface area contributed by atoms with Gasteiger partial charge in [-0.2, -0.15) is 0 Å². The van der Waals surface area contributed by atoms with Crippen molar-refractivity contribution in [3.63, 3.8) is 0 Å². The Balaban J connectivity index is 1.91. The molecular formula is C13H22N2OS. The van der Waals surface area contributed by atoms with Crippen LogP contribution >= 0.6 is 11.3 Å². The van der Waals surface area contributed by atoms with Gasteiger partial charge in [-0.1, -0.05) is 6.92 Å². The van der Waals surface area contributed by atoms with Crippen molar-refractivity contribution >= 4 is 11.3 Å². The molecular weight excluding hydrogens is 232 g/mol. The molecule has 1 aromatic rings. The van der Waals surface area contributed by atoms with E-state index in [-0.39, 0.29) is 0 Å². The van der Waals surface area contributed by atoms with E-state index in [1.807, 2.05) is 5.51 Å². The maximum absolute atomic E-state index is 5.61. The molecule has 0 aromatic carbocycles. The van der Waals surface area contributed by atoms with Crippen molar-refractivity contribution in [3.05, 3.63) is 16.1 Å². The van der Waals surface area contributed by atoms with Crippen LogP contribution < -0.4 is 5.32 Å². The second kappa shape index (κ2) is 5.94. The Morgan fingerprint density at radius 1 is 1.59 bits per heavy atom. The lowest BCUT2D eigenvalue weighted by molar-refractivity contribution is 0.144. The van der Waals surface area contributed by atoms with Gasteiger partial charge in [0.15, 0.2) is 0 Å². The highest BCUT2D eigenvalue weighted by Crippen LogP contribution is 2.34. The average molecular weight is 254 g/mol. The molecule has 1 aliphatic heterocycles. The second-order valence-electron chi connectivity index (χ2n) is 4.94. The summed E-state index contributed by atoms with van der Waals surface area (Å²) in [6.07, 6.45) is 3.55. The average Bonchev–Trinajstić information content (AvgIpc) is 2.94. The SMILES string of the molecule is CCNCC1(CCc2scnc2C)CCOC1. The molecule has 1 unspecified atom stereocenters. The summed E-state index contributed by atoms with van der Waals surface area (Å²) in [7, 11) is 0. The number of aromatic nitrogens is 1. The van der Waals surface area contributed by atoms with Crippen LogP contribution in [0.1, 0.15) is 30.3 Å². The first-order chi connectivity index (χ1) is 8.26. The minimum Gasteiger partial charge on any atom is -0.381 e. The van der Waals surface area contributed by atoms with Gasteiger partial charge in [-0.3, -0.25) is 0 Å². The fourth-order valence-corrected chi connectivity index (χ4v) is 3.19. The maximum atomic E-state index is 5.61. The van der Waals surface area contributed by atoms with Crippen LogP contribution in [0.25, 0.3) is 0 Å². The Morgan fingerprint density at radius 3 is 3.06 bits per heavy atom. The predicted octanol–water partition coefficient (Wildman–Crippen LogP) is 2.40. The molecule has 17 heavy (non-hydrogen) atoms. The molecule has 0 saturated carbocycles. The first kappa shape index (κ1) is 13.0. The summed E-state index contributed by atoms with van der Waals surface area (Å²) in [6.45, 7) is 8.23. The Bertz CT molecular complexity index is 345. The molecule has 1 fully saturated rings. The van der Waals surface area contributed by atoms with Gasteiger partial charge in [0.2, 0.25) is 0 Å². The fraction of sp³-hybridized carbons (Fsp3) is 0.769. The maximum Gasteiger partial charge on any atom is 0.0797 e. The summed E-state index contributed by atoms with van der Waals surface area (Å²) in [4.78, 5) is 5.76. The van der Waals surface area contributed by atoms with Crippen LogP contribution in [0.15, 0.2) is 5.51 Å². The quantitative estimate of drug-likeness (QED) is 0.846. The Kier molecular flexibility index (Phi) is 4.54. The zero-order valence-corrected chi connectivity index (χ0v) is 11.6. The van der Waals surface area contributed by atoms with E-state index in [0.717, 1.165) is 32.7 Å². The third kappa shape index (κ3) is 3.27. The highest BCUT2D eigenvalue weighted by molar-refractivity contribution is 7.09. The molecule has 0 aliphatic carbocycles. The number of nitrogens with one attached hydrogen (secondary N) is 1. The van der Waals surface area contributed by atoms with Crippen LogP contribution in [0.4, 0.5) is 0 Å². The zero-order chi connectivity index (χ0) is 12.1. The number of rotatable bonds is 6. The van der Waals surface area contributed by atoms with Crippen molar-refractivity contribution in [2.75, 3.05) is 26.3 Å². The third-order valence-corrected chi connectivity index (χ3v) is 4.66. The molecule has 0 radical (unpaired) electrons. The predicted molar refractivity (Wildman–Crippen MR) is 71.6 cm³/mol. The molecule has 0 bridgehead atoms. The molecule has 1 aliphatic rings. The highest BCUT2D eigenvalue weighted by Gasteiger charge is 2.34. The molecule has 3 nitrogen and oxygen atoms in total. The molecule has 1 saturated heterocycles. The van der Waals surface area contributed by atoms with Crippen LogP contribution in [0.2, 0.25) is 0 Å². The van der Waals surface area contributed by atoms with E-state index >= 15 is 0 Å². The van der Waals surface area contributed by atoms with Gasteiger partial charge in [-0.15, -0.1) is 11.3 Å². The lowest BCUT2D eigenvalue weighted by Crippen LogP contribution is -2.35. The van der Waals surface area contributed by atoms with Gasteiger partial charge < -0.3 is 10.1 Å². The summed E-state index contributed by atoms with van der Waals surface area (Å²) in [5.74, 6) is 0. The van der Waals surface area contributed by atoms with Crippen molar-refractivity contribution in [2.24, 2.45) is 5.41 Å². The van der Waals surface area contributed by atoms with Crippen molar-refractivity contribution < 1.29 is 4.74 Å². The first-order valence-electron chi connectivity index (χ1n) is 6.43. The van der Waals surface area contributed by atoms with E-state index in [2.05, 4.69) is 24.1 Å². The van der Waals surface area contributed by atoms with E-state index in [1.165, 1.54) is 23.4 Å². The Labute approximate surface area is 108 Å². The number of aryl methyl sites for hydroxylation is 2. The molecule has 1 N–H and O–H groups in total. The lowest BCUT2D eigenvalue weighted by Gasteiger charge is -2.27. The number of nitrogens with zero attached hydrogens (tertiary/aromatic N) is 1. The minimum atomic E-state index is 0.354. The molecule has 4 heteroatoms. The summed E-state index contributed by atoms with van der Waals surface area (Å²) in [5.41, 5.74) is 3.51. The zero-order valence-electron chi connectivity index (χ0n) is 10.8. The number of ether oxygens (including phenoxy) is 1. The van der Waals surface area contributed by atoms with Gasteiger partial charge >= 0.3 is 0 Å². The molecule has 96 valence electrons. The molecule has 0 spiro atoms. The van der Waals surface area contributed by atoms with Crippen molar-refractivity contribution in [3.8, 4) is 0 Å². The van der Waals surface area contributed by atoms with Gasteiger partial charge in [-0.05, 0) is 32.7 Å². The van der Waals surface area contributed by atoms with Gasteiger partial charge in [0.05, 0.1) is 17.8 Å². The van der Waals surface area contributed by atoms with Gasteiger partial charge in [0, 0.05) is 23.4 Å². The summed E-state index contributed by atoms with van der Waals surface area (Å²) in [6, 6.07) is 0. The molecule has 1 aromatic heterocycles. The van der Waals surface area contributed by atoms with E-state index in [1.54, 1.807) is 11.3 Å². The number of hydrogen-bond donors (Lipinski definition) is 1. The summed E-state index contributed by atoms with van der Waals surface area (Å²) in [5, 5.41) is 3.48. The van der Waals surface area contributed by atoms with Crippen molar-refractivity contribution in [1.29, 1.82) is 0 Å². The highest BCUT2D eigenvalue weighted by atomic mass is 32.1. The third-order valence-electron chi connectivity index (χ3n) is 3.66. The summed E-state index contributed by atoms with van der Waals surface area (Å²) >= 11 is 1.78. The molecule has 0 amide bonds. The Hall–Kier alpha value is -0.450. The van der Waals surface area contributed by atoms with E-state index in [0.29, 0.717) is 5.41 Å². The van der Waals surface area contributed by atoms with Crippen LogP contribution in [0, 0.1) is 12.3 Å². The van der Waals surface area contributed by atoms with Gasteiger partial charge in [-0.25, -0.2) is 4.98 Å². The first-order valence-corrected chi connectivity index (χ1v) is 7.31. The van der Waals surface area contributed by atoms with Crippen LogP contribution in [0.3, 0.4) is 0 Å². The second-order valence-corrected chi connectivity index (χ2v) is 5.88. The van der Waals surface area contributed by atoms with Crippen molar-refractivity contribution in [2.45, 2.75) is 33.1 Å². The van der Waals surface area contributed by atoms with E-state index in [4.69, 9.17) is 4.74 Å². The fourth-order valence-electron chi connectivity index (χ4n) is 2.41. The normalized spacial score (nSPS) is 24.4. The van der Waals surface area contributed by atoms with Crippen LogP contribution in [0.5, 0.6) is 0 Å². The monoisotopic (exact) mass is 254 g/mol. The summed E-state index contributed by atoms with van der Waals surface area (Å²) < 4.78 is 5.61. The van der Waals surface area contributed by atoms with E-state index in [9.17, 15) is 0 Å². The molecule has 1 atom stereocenters. The lowest BCUT2D eigenvalue weighted by atomic mass is 9.82. The minimum absolute atomic E-state index is 0.354. The molecule has 2 heterocycles. The largest absolute Gasteiger partial charge is 0.381 e. The van der Waals surface area contributed by atoms with E-state index < -0.39 is 0 Å². The standard InChI is InChI=1S/C13H22N2OS/c1-3-14-8-13(6-7-16-9-13)5-4-12-11(2)15-10-17-12/h10,14H,3-9H2,1-2H3.